The van der Waals surface area contributed by atoms with Crippen molar-refractivity contribution in [2.45, 2.75) is 90.1 Å². The number of hydrogen-bond donors (Lipinski definition) is 3. The molecule has 1 unspecified atom stereocenters. The number of halogens is 1. The van der Waals surface area contributed by atoms with E-state index in [2.05, 4.69) is 16.0 Å². The fourth-order valence-corrected chi connectivity index (χ4v) is 5.33. The number of piperidine rings is 1. The Morgan fingerprint density at radius 2 is 1.57 bits per heavy atom. The van der Waals surface area contributed by atoms with Gasteiger partial charge in [0.1, 0.15) is 18.1 Å². The summed E-state index contributed by atoms with van der Waals surface area (Å²) in [5.74, 6) is -2.90. The number of nitrogens with zero attached hydrogens (tertiary/aromatic N) is 2. The van der Waals surface area contributed by atoms with Gasteiger partial charge in [-0.3, -0.25) is 14.4 Å². The molecule has 2 aliphatic rings. The Bertz CT molecular complexity index is 1080. The van der Waals surface area contributed by atoms with Crippen LogP contribution in [0.2, 0.25) is 0 Å². The number of hydrogen-bond acceptors (Lipinski definition) is 7. The SMILES string of the molecule is CNC1CCN(C(=O)N[C@H](C(=O)N2CCC[C@H]2C(=O)NC(Cc2ccccc2)C(=O)C(=O)OC(C)C)C(C)C)CC1.Cl. The van der Waals surface area contributed by atoms with Crippen LogP contribution in [0.1, 0.15) is 58.9 Å². The highest BCUT2D eigenvalue weighted by molar-refractivity contribution is 6.36. The molecular weight excluding hydrogens is 562 g/mol. The number of ether oxygens (including phenoxy) is 1. The van der Waals surface area contributed by atoms with Gasteiger partial charge in [0.05, 0.1) is 6.10 Å². The van der Waals surface area contributed by atoms with Gasteiger partial charge in [-0.05, 0) is 58.1 Å². The van der Waals surface area contributed by atoms with Gasteiger partial charge in [0.15, 0.2) is 0 Å². The van der Waals surface area contributed by atoms with E-state index in [-0.39, 0.29) is 36.7 Å². The van der Waals surface area contributed by atoms with Crippen molar-refractivity contribution in [3.63, 3.8) is 0 Å². The fourth-order valence-electron chi connectivity index (χ4n) is 5.33. The molecule has 3 rings (SSSR count). The Balaban J connectivity index is 0.00000616. The summed E-state index contributed by atoms with van der Waals surface area (Å²) in [7, 11) is 1.91. The van der Waals surface area contributed by atoms with Crippen LogP contribution < -0.4 is 16.0 Å². The number of esters is 1. The molecule has 0 bridgehead atoms. The summed E-state index contributed by atoms with van der Waals surface area (Å²) in [4.78, 5) is 69.0. The van der Waals surface area contributed by atoms with Crippen LogP contribution >= 0.6 is 12.4 Å². The first-order valence-corrected chi connectivity index (χ1v) is 14.6. The van der Waals surface area contributed by atoms with E-state index in [1.165, 1.54) is 4.90 Å². The topological polar surface area (TPSA) is 137 Å². The van der Waals surface area contributed by atoms with Crippen molar-refractivity contribution in [1.82, 2.24) is 25.8 Å². The van der Waals surface area contributed by atoms with E-state index in [4.69, 9.17) is 4.74 Å². The van der Waals surface area contributed by atoms with Crippen LogP contribution in [0.25, 0.3) is 0 Å². The summed E-state index contributed by atoms with van der Waals surface area (Å²) < 4.78 is 5.10. The maximum absolute atomic E-state index is 13.7. The van der Waals surface area contributed by atoms with Crippen molar-refractivity contribution in [2.24, 2.45) is 5.92 Å². The Kier molecular flexibility index (Phi) is 13.7. The third-order valence-corrected chi connectivity index (χ3v) is 7.70. The average molecular weight is 608 g/mol. The van der Waals surface area contributed by atoms with Gasteiger partial charge in [-0.25, -0.2) is 9.59 Å². The third kappa shape index (κ3) is 9.42. The minimum atomic E-state index is -1.14. The van der Waals surface area contributed by atoms with Gasteiger partial charge in [0.25, 0.3) is 5.78 Å². The third-order valence-electron chi connectivity index (χ3n) is 7.70. The lowest BCUT2D eigenvalue weighted by molar-refractivity contribution is -0.158. The van der Waals surface area contributed by atoms with Crippen LogP contribution in [0.15, 0.2) is 30.3 Å². The molecule has 4 amide bonds. The molecule has 0 aromatic heterocycles. The second-order valence-corrected chi connectivity index (χ2v) is 11.5. The number of benzene rings is 1. The Labute approximate surface area is 254 Å². The summed E-state index contributed by atoms with van der Waals surface area (Å²) in [5, 5.41) is 8.88. The summed E-state index contributed by atoms with van der Waals surface area (Å²) in [6.07, 6.45) is 2.32. The number of likely N-dealkylation sites (tertiary alicyclic amines) is 2. The summed E-state index contributed by atoms with van der Waals surface area (Å²) in [6, 6.07) is 6.39. The predicted molar refractivity (Wildman–Crippen MR) is 161 cm³/mol. The van der Waals surface area contributed by atoms with Crippen LogP contribution in [0.5, 0.6) is 0 Å². The molecule has 2 fully saturated rings. The zero-order valence-electron chi connectivity index (χ0n) is 25.3. The molecule has 2 saturated heterocycles. The first-order chi connectivity index (χ1) is 19.5. The molecule has 3 atom stereocenters. The van der Waals surface area contributed by atoms with E-state index >= 15 is 0 Å². The van der Waals surface area contributed by atoms with Gasteiger partial charge in [0, 0.05) is 32.1 Å². The summed E-state index contributed by atoms with van der Waals surface area (Å²) in [5.41, 5.74) is 0.768. The van der Waals surface area contributed by atoms with Gasteiger partial charge in [-0.15, -0.1) is 12.4 Å². The molecule has 234 valence electrons. The van der Waals surface area contributed by atoms with Gasteiger partial charge < -0.3 is 30.5 Å². The first-order valence-electron chi connectivity index (χ1n) is 14.6. The van der Waals surface area contributed by atoms with Crippen molar-refractivity contribution < 1.29 is 28.7 Å². The zero-order chi connectivity index (χ0) is 30.1. The molecule has 11 nitrogen and oxygen atoms in total. The lowest BCUT2D eigenvalue weighted by atomic mass is 10.0. The van der Waals surface area contributed by atoms with Crippen LogP contribution in [0.3, 0.4) is 0 Å². The van der Waals surface area contributed by atoms with Gasteiger partial charge in [0.2, 0.25) is 11.8 Å². The number of amides is 4. The first kappa shape index (κ1) is 35.0. The van der Waals surface area contributed by atoms with E-state index in [1.807, 2.05) is 51.2 Å². The van der Waals surface area contributed by atoms with E-state index in [0.29, 0.717) is 38.5 Å². The minimum Gasteiger partial charge on any atom is -0.457 e. The number of rotatable bonds is 11. The average Bonchev–Trinajstić information content (AvgIpc) is 3.45. The molecule has 12 heteroatoms. The molecule has 2 heterocycles. The Morgan fingerprint density at radius 3 is 2.14 bits per heavy atom. The van der Waals surface area contributed by atoms with Crippen LogP contribution in [-0.4, -0.2) is 96.4 Å². The number of nitrogens with one attached hydrogen (secondary N) is 3. The van der Waals surface area contributed by atoms with Crippen molar-refractivity contribution >= 4 is 42.0 Å². The maximum Gasteiger partial charge on any atom is 0.377 e. The highest BCUT2D eigenvalue weighted by atomic mass is 35.5. The smallest absolute Gasteiger partial charge is 0.377 e. The van der Waals surface area contributed by atoms with Crippen LogP contribution in [-0.2, 0) is 30.3 Å². The maximum atomic E-state index is 13.7. The van der Waals surface area contributed by atoms with E-state index in [9.17, 15) is 24.0 Å². The molecule has 3 N–H and O–H groups in total. The molecule has 0 saturated carbocycles. The van der Waals surface area contributed by atoms with E-state index in [1.54, 1.807) is 18.7 Å². The lowest BCUT2D eigenvalue weighted by Gasteiger charge is -2.35. The fraction of sp³-hybridized carbons (Fsp3) is 0.633. The largest absolute Gasteiger partial charge is 0.457 e. The van der Waals surface area contributed by atoms with E-state index < -0.39 is 41.9 Å². The van der Waals surface area contributed by atoms with Crippen molar-refractivity contribution in [1.29, 1.82) is 0 Å². The van der Waals surface area contributed by atoms with Crippen molar-refractivity contribution in [3.8, 4) is 0 Å². The quantitative estimate of drug-likeness (QED) is 0.259. The van der Waals surface area contributed by atoms with Gasteiger partial charge >= 0.3 is 12.0 Å². The molecule has 0 aliphatic carbocycles. The summed E-state index contributed by atoms with van der Waals surface area (Å²) >= 11 is 0. The highest BCUT2D eigenvalue weighted by Crippen LogP contribution is 2.21. The Hall–Kier alpha value is -3.18. The molecule has 1 aromatic rings. The molecule has 0 spiro atoms. The van der Waals surface area contributed by atoms with Gasteiger partial charge in [-0.1, -0.05) is 44.2 Å². The molecule has 1 aromatic carbocycles. The number of carbonyl (C=O) groups excluding carboxylic acids is 5. The number of ketones is 1. The predicted octanol–water partition coefficient (Wildman–Crippen LogP) is 2.07. The number of carbonyl (C=O) groups is 5. The standard InChI is InChI=1S/C30H45N5O6.ClH/c1-19(2)25(33-30(40)34-16-13-22(31-5)14-17-34)28(38)35-15-9-12-24(35)27(37)32-23(18-21-10-7-6-8-11-21)26(36)29(39)41-20(3)4;/h6-8,10-11,19-20,22-25,31H,9,12-18H2,1-5H3,(H,32,37)(H,33,40);1H/t23?,24-,25-;/m0./s1. The lowest BCUT2D eigenvalue weighted by Crippen LogP contribution is -2.59. The summed E-state index contributed by atoms with van der Waals surface area (Å²) in [6.45, 7) is 8.56. The monoisotopic (exact) mass is 607 g/mol. The minimum absolute atomic E-state index is 0. The number of Topliss-reactive ketones (excluding diaryl/α,β-unsaturated/α-hetero) is 1. The van der Waals surface area contributed by atoms with Crippen molar-refractivity contribution in [3.05, 3.63) is 35.9 Å². The zero-order valence-corrected chi connectivity index (χ0v) is 26.1. The van der Waals surface area contributed by atoms with Crippen LogP contribution in [0.4, 0.5) is 4.79 Å². The van der Waals surface area contributed by atoms with Crippen molar-refractivity contribution in [2.75, 3.05) is 26.7 Å². The van der Waals surface area contributed by atoms with Crippen LogP contribution in [0, 0.1) is 5.92 Å². The van der Waals surface area contributed by atoms with Gasteiger partial charge in [-0.2, -0.15) is 0 Å². The Morgan fingerprint density at radius 1 is 0.929 bits per heavy atom. The molecule has 0 radical (unpaired) electrons. The second-order valence-electron chi connectivity index (χ2n) is 11.5. The second kappa shape index (κ2) is 16.5. The molecular formula is C30H46ClN5O6. The molecule has 2 aliphatic heterocycles. The van der Waals surface area contributed by atoms with E-state index in [0.717, 1.165) is 18.4 Å². The molecule has 42 heavy (non-hydrogen) atoms. The highest BCUT2D eigenvalue weighted by Gasteiger charge is 2.41. The number of urea groups is 1. The normalized spacial score (nSPS) is 18.7.